The number of aromatic nitrogens is 3. The number of hydrogen-bond acceptors (Lipinski definition) is 5. The van der Waals surface area contributed by atoms with Gasteiger partial charge in [0.2, 0.25) is 0 Å². The van der Waals surface area contributed by atoms with Crippen LogP contribution in [0.2, 0.25) is 0 Å². The van der Waals surface area contributed by atoms with E-state index in [0.717, 1.165) is 25.1 Å². The average molecular weight is 353 g/mol. The number of benzene rings is 1. The Bertz CT molecular complexity index is 800. The zero-order valence-corrected chi connectivity index (χ0v) is 14.9. The normalized spacial score (nSPS) is 16.3. The van der Waals surface area contributed by atoms with Gasteiger partial charge in [-0.05, 0) is 43.9 Å². The van der Waals surface area contributed by atoms with Gasteiger partial charge in [0, 0.05) is 37.8 Å². The highest BCUT2D eigenvalue weighted by Crippen LogP contribution is 2.21. The molecule has 1 aliphatic rings. The molecule has 2 aromatic rings. The Morgan fingerprint density at radius 3 is 2.88 bits per heavy atom. The molecule has 0 bridgehead atoms. The maximum atomic E-state index is 12.6. The molecule has 7 heteroatoms. The molecule has 1 aromatic carbocycles. The molecule has 1 fully saturated rings. The topological polar surface area (TPSA) is 95.0 Å². The maximum Gasteiger partial charge on any atom is 0.253 e. The zero-order chi connectivity index (χ0) is 18.5. The van der Waals surface area contributed by atoms with Crippen molar-refractivity contribution in [3.05, 3.63) is 47.3 Å². The van der Waals surface area contributed by atoms with Crippen LogP contribution in [0.5, 0.6) is 0 Å². The molecule has 0 spiro atoms. The first kappa shape index (κ1) is 18.1. The first-order valence-electron chi connectivity index (χ1n) is 8.91. The highest BCUT2D eigenvalue weighted by Gasteiger charge is 2.24. The smallest absolute Gasteiger partial charge is 0.253 e. The second-order valence-electron chi connectivity index (χ2n) is 6.91. The SMILES string of the molecule is C[C@H](O)Cc1cn(CC2CCN(C(=O)c3cccc(C#N)c3)CC2)nn1. The van der Waals surface area contributed by atoms with Gasteiger partial charge in [-0.2, -0.15) is 5.26 Å². The fraction of sp³-hybridized carbons (Fsp3) is 0.474. The van der Waals surface area contributed by atoms with E-state index in [4.69, 9.17) is 5.26 Å². The van der Waals surface area contributed by atoms with Crippen LogP contribution in [0.15, 0.2) is 30.5 Å². The van der Waals surface area contributed by atoms with Crippen molar-refractivity contribution in [1.82, 2.24) is 19.9 Å². The monoisotopic (exact) mass is 353 g/mol. The Morgan fingerprint density at radius 1 is 1.42 bits per heavy atom. The van der Waals surface area contributed by atoms with Crippen molar-refractivity contribution < 1.29 is 9.90 Å². The lowest BCUT2D eigenvalue weighted by atomic mass is 9.96. The third-order valence-electron chi connectivity index (χ3n) is 4.68. The second kappa shape index (κ2) is 8.11. The summed E-state index contributed by atoms with van der Waals surface area (Å²) in [5.41, 5.74) is 1.87. The van der Waals surface area contributed by atoms with E-state index >= 15 is 0 Å². The number of piperidine rings is 1. The van der Waals surface area contributed by atoms with Gasteiger partial charge in [-0.3, -0.25) is 9.48 Å². The Kier molecular flexibility index (Phi) is 5.64. The van der Waals surface area contributed by atoms with Gasteiger partial charge in [-0.1, -0.05) is 11.3 Å². The second-order valence-corrected chi connectivity index (χ2v) is 6.91. The van der Waals surface area contributed by atoms with Crippen LogP contribution in [0.3, 0.4) is 0 Å². The molecule has 1 amide bonds. The van der Waals surface area contributed by atoms with E-state index in [2.05, 4.69) is 16.4 Å². The number of carbonyl (C=O) groups excluding carboxylic acids is 1. The molecule has 1 atom stereocenters. The minimum Gasteiger partial charge on any atom is -0.393 e. The molecule has 1 N–H and O–H groups in total. The molecule has 0 aliphatic carbocycles. The number of nitriles is 1. The Labute approximate surface area is 152 Å². The maximum absolute atomic E-state index is 12.6. The van der Waals surface area contributed by atoms with Crippen molar-refractivity contribution in [2.24, 2.45) is 5.92 Å². The predicted octanol–water partition coefficient (Wildman–Crippen LogP) is 1.63. The minimum absolute atomic E-state index is 0.0134. The fourth-order valence-corrected chi connectivity index (χ4v) is 3.31. The average Bonchev–Trinajstić information content (AvgIpc) is 3.08. The minimum atomic E-state index is -0.422. The molecular weight excluding hydrogens is 330 g/mol. The van der Waals surface area contributed by atoms with Gasteiger partial charge in [0.05, 0.1) is 23.4 Å². The third-order valence-corrected chi connectivity index (χ3v) is 4.68. The van der Waals surface area contributed by atoms with Gasteiger partial charge < -0.3 is 10.0 Å². The van der Waals surface area contributed by atoms with Crippen molar-refractivity contribution in [1.29, 1.82) is 5.26 Å². The van der Waals surface area contributed by atoms with Crippen LogP contribution in [-0.2, 0) is 13.0 Å². The van der Waals surface area contributed by atoms with Crippen molar-refractivity contribution in [2.75, 3.05) is 13.1 Å². The summed E-state index contributed by atoms with van der Waals surface area (Å²) < 4.78 is 1.83. The lowest BCUT2D eigenvalue weighted by molar-refractivity contribution is 0.0681. The van der Waals surface area contributed by atoms with Crippen molar-refractivity contribution in [2.45, 2.75) is 38.8 Å². The summed E-state index contributed by atoms with van der Waals surface area (Å²) in [7, 11) is 0. The molecule has 0 radical (unpaired) electrons. The van der Waals surface area contributed by atoms with Crippen LogP contribution in [0, 0.1) is 17.2 Å². The lowest BCUT2D eigenvalue weighted by Gasteiger charge is -2.32. The van der Waals surface area contributed by atoms with E-state index in [1.807, 2.05) is 15.8 Å². The summed E-state index contributed by atoms with van der Waals surface area (Å²) in [6, 6.07) is 8.92. The summed E-state index contributed by atoms with van der Waals surface area (Å²) in [4.78, 5) is 14.5. The van der Waals surface area contributed by atoms with Crippen LogP contribution in [0.4, 0.5) is 0 Å². The Balaban J connectivity index is 1.53. The first-order valence-corrected chi connectivity index (χ1v) is 8.91. The number of rotatable bonds is 5. The standard InChI is InChI=1S/C19H23N5O2/c1-14(25)9-18-13-24(22-21-18)12-15-5-7-23(8-6-15)19(26)17-4-2-3-16(10-17)11-20/h2-4,10,13-15,25H,5-9,12H2,1H3/t14-/m0/s1. The van der Waals surface area contributed by atoms with Gasteiger partial charge in [0.1, 0.15) is 0 Å². The highest BCUT2D eigenvalue weighted by atomic mass is 16.3. The van der Waals surface area contributed by atoms with Crippen LogP contribution in [0.1, 0.15) is 41.4 Å². The Morgan fingerprint density at radius 2 is 2.19 bits per heavy atom. The van der Waals surface area contributed by atoms with Gasteiger partial charge >= 0.3 is 0 Å². The summed E-state index contributed by atoms with van der Waals surface area (Å²) in [5, 5.41) is 26.6. The zero-order valence-electron chi connectivity index (χ0n) is 14.9. The van der Waals surface area contributed by atoms with Gasteiger partial charge in [0.25, 0.3) is 5.91 Å². The van der Waals surface area contributed by atoms with Gasteiger partial charge in [0.15, 0.2) is 0 Å². The van der Waals surface area contributed by atoms with E-state index in [1.54, 1.807) is 31.2 Å². The van der Waals surface area contributed by atoms with E-state index in [-0.39, 0.29) is 5.91 Å². The first-order chi connectivity index (χ1) is 12.5. The molecule has 136 valence electrons. The number of hydrogen-bond donors (Lipinski definition) is 1. The molecule has 1 aliphatic heterocycles. The van der Waals surface area contributed by atoms with Crippen molar-refractivity contribution >= 4 is 5.91 Å². The number of aliphatic hydroxyl groups excluding tert-OH is 1. The van der Waals surface area contributed by atoms with Crippen molar-refractivity contribution in [3.63, 3.8) is 0 Å². The molecule has 2 heterocycles. The lowest BCUT2D eigenvalue weighted by Crippen LogP contribution is -2.39. The molecule has 1 saturated heterocycles. The number of nitrogens with zero attached hydrogens (tertiary/aromatic N) is 5. The number of aliphatic hydroxyl groups is 1. The van der Waals surface area contributed by atoms with E-state index < -0.39 is 6.10 Å². The molecule has 0 unspecified atom stereocenters. The largest absolute Gasteiger partial charge is 0.393 e. The Hall–Kier alpha value is -2.72. The summed E-state index contributed by atoms with van der Waals surface area (Å²) in [6.45, 7) is 3.92. The van der Waals surface area contributed by atoms with Gasteiger partial charge in [-0.25, -0.2) is 0 Å². The number of amides is 1. The third kappa shape index (κ3) is 4.46. The number of likely N-dealkylation sites (tertiary alicyclic amines) is 1. The fourth-order valence-electron chi connectivity index (χ4n) is 3.31. The molecule has 3 rings (SSSR count). The van der Waals surface area contributed by atoms with E-state index in [1.165, 1.54) is 0 Å². The highest BCUT2D eigenvalue weighted by molar-refractivity contribution is 5.94. The molecular formula is C19H23N5O2. The summed E-state index contributed by atoms with van der Waals surface area (Å²) in [5.74, 6) is 0.436. The van der Waals surface area contributed by atoms with E-state index in [9.17, 15) is 9.90 Å². The van der Waals surface area contributed by atoms with Crippen molar-refractivity contribution in [3.8, 4) is 6.07 Å². The quantitative estimate of drug-likeness (QED) is 0.881. The molecule has 26 heavy (non-hydrogen) atoms. The van der Waals surface area contributed by atoms with Crippen LogP contribution in [0.25, 0.3) is 0 Å². The van der Waals surface area contributed by atoms with Gasteiger partial charge in [-0.15, -0.1) is 5.10 Å². The van der Waals surface area contributed by atoms with Crippen LogP contribution < -0.4 is 0 Å². The van der Waals surface area contributed by atoms with Crippen LogP contribution >= 0.6 is 0 Å². The molecule has 1 aromatic heterocycles. The molecule has 0 saturated carbocycles. The molecule has 7 nitrogen and oxygen atoms in total. The number of carbonyl (C=O) groups is 1. The van der Waals surface area contributed by atoms with Crippen LogP contribution in [-0.4, -0.2) is 50.1 Å². The predicted molar refractivity (Wildman–Crippen MR) is 95.2 cm³/mol. The summed E-state index contributed by atoms with van der Waals surface area (Å²) in [6.07, 6.45) is 3.80. The summed E-state index contributed by atoms with van der Waals surface area (Å²) >= 11 is 0. The van der Waals surface area contributed by atoms with E-state index in [0.29, 0.717) is 36.6 Å².